The second-order valence-electron chi connectivity index (χ2n) is 4.41. The third-order valence-electron chi connectivity index (χ3n) is 2.23. The Kier molecular flexibility index (Phi) is 6.29. The van der Waals surface area contributed by atoms with Crippen LogP contribution in [0.3, 0.4) is 0 Å². The molecule has 0 amide bonds. The van der Waals surface area contributed by atoms with Crippen LogP contribution in [0.25, 0.3) is 0 Å². The Bertz CT molecular complexity index is 209. The minimum Gasteiger partial charge on any atom is -0.480 e. The number of carbonyl (C=O) groups is 1. The molecule has 0 aromatic carbocycles. The van der Waals surface area contributed by atoms with Gasteiger partial charge in [-0.15, -0.1) is 0 Å². The number of thioether (sulfide) groups is 1. The number of hydrogen-bond acceptors (Lipinski definition) is 3. The molecule has 0 aliphatic carbocycles. The second kappa shape index (κ2) is 6.38. The van der Waals surface area contributed by atoms with E-state index in [1.807, 2.05) is 13.8 Å². The zero-order valence-corrected chi connectivity index (χ0v) is 11.1. The molecular formula is C11H23NO2S. The molecule has 0 rings (SSSR count). The average molecular weight is 233 g/mol. The molecule has 0 saturated carbocycles. The third kappa shape index (κ3) is 5.42. The van der Waals surface area contributed by atoms with Crippen LogP contribution in [0.2, 0.25) is 0 Å². The Morgan fingerprint density at radius 1 is 1.47 bits per heavy atom. The predicted octanol–water partition coefficient (Wildman–Crippen LogP) is 2.36. The number of carboxylic acids is 1. The van der Waals surface area contributed by atoms with E-state index < -0.39 is 11.5 Å². The van der Waals surface area contributed by atoms with E-state index in [0.29, 0.717) is 11.7 Å². The molecule has 90 valence electrons. The highest BCUT2D eigenvalue weighted by Gasteiger charge is 2.34. The Balaban J connectivity index is 4.44. The van der Waals surface area contributed by atoms with Gasteiger partial charge in [0.1, 0.15) is 5.54 Å². The van der Waals surface area contributed by atoms with Gasteiger partial charge in [0.05, 0.1) is 0 Å². The number of rotatable bonds is 7. The third-order valence-corrected chi connectivity index (χ3v) is 3.30. The lowest BCUT2D eigenvalue weighted by Crippen LogP contribution is -2.53. The SMILES string of the molecule is CCSC(C)CC(C)(NC(C)C)C(=O)O. The van der Waals surface area contributed by atoms with Gasteiger partial charge in [0.25, 0.3) is 0 Å². The molecule has 0 aliphatic heterocycles. The Labute approximate surface area is 97.0 Å². The molecule has 0 aromatic heterocycles. The molecule has 0 aromatic rings. The highest BCUT2D eigenvalue weighted by molar-refractivity contribution is 7.99. The first-order valence-electron chi connectivity index (χ1n) is 5.44. The predicted molar refractivity (Wildman–Crippen MR) is 66.5 cm³/mol. The van der Waals surface area contributed by atoms with Crippen LogP contribution < -0.4 is 5.32 Å². The summed E-state index contributed by atoms with van der Waals surface area (Å²) >= 11 is 1.80. The number of nitrogens with one attached hydrogen (secondary N) is 1. The monoisotopic (exact) mass is 233 g/mol. The average Bonchev–Trinajstić information content (AvgIpc) is 2.01. The van der Waals surface area contributed by atoms with Crippen molar-refractivity contribution in [2.75, 3.05) is 5.75 Å². The van der Waals surface area contributed by atoms with Gasteiger partial charge in [0, 0.05) is 11.3 Å². The van der Waals surface area contributed by atoms with Gasteiger partial charge in [-0.1, -0.05) is 13.8 Å². The molecule has 0 heterocycles. The van der Waals surface area contributed by atoms with E-state index in [1.165, 1.54) is 0 Å². The summed E-state index contributed by atoms with van der Waals surface area (Å²) in [5.74, 6) is 0.262. The molecule has 4 heteroatoms. The minimum absolute atomic E-state index is 0.185. The van der Waals surface area contributed by atoms with Gasteiger partial charge in [0.2, 0.25) is 0 Å². The van der Waals surface area contributed by atoms with Gasteiger partial charge in [-0.2, -0.15) is 11.8 Å². The van der Waals surface area contributed by atoms with Crippen LogP contribution in [0, 0.1) is 0 Å². The Morgan fingerprint density at radius 2 is 2.00 bits per heavy atom. The first kappa shape index (κ1) is 14.8. The molecule has 15 heavy (non-hydrogen) atoms. The van der Waals surface area contributed by atoms with Crippen LogP contribution in [-0.2, 0) is 4.79 Å². The first-order valence-corrected chi connectivity index (χ1v) is 6.49. The first-order chi connectivity index (χ1) is 6.81. The molecule has 2 atom stereocenters. The van der Waals surface area contributed by atoms with Crippen molar-refractivity contribution in [2.45, 2.75) is 57.9 Å². The van der Waals surface area contributed by atoms with E-state index >= 15 is 0 Å². The fourth-order valence-corrected chi connectivity index (χ4v) is 2.78. The van der Waals surface area contributed by atoms with E-state index in [-0.39, 0.29) is 6.04 Å². The van der Waals surface area contributed by atoms with Crippen LogP contribution in [0.1, 0.15) is 41.0 Å². The van der Waals surface area contributed by atoms with Crippen molar-refractivity contribution >= 4 is 17.7 Å². The zero-order valence-electron chi connectivity index (χ0n) is 10.3. The number of hydrogen-bond donors (Lipinski definition) is 2. The van der Waals surface area contributed by atoms with Crippen LogP contribution >= 0.6 is 11.8 Å². The van der Waals surface area contributed by atoms with Crippen molar-refractivity contribution in [3.63, 3.8) is 0 Å². The van der Waals surface area contributed by atoms with E-state index in [0.717, 1.165) is 5.75 Å². The lowest BCUT2D eigenvalue weighted by atomic mass is 9.95. The van der Waals surface area contributed by atoms with Crippen molar-refractivity contribution in [3.8, 4) is 0 Å². The second-order valence-corrected chi connectivity index (χ2v) is 6.12. The molecule has 0 fully saturated rings. The van der Waals surface area contributed by atoms with Crippen molar-refractivity contribution in [3.05, 3.63) is 0 Å². The molecule has 0 bridgehead atoms. The maximum atomic E-state index is 11.2. The van der Waals surface area contributed by atoms with Gasteiger partial charge >= 0.3 is 5.97 Å². The van der Waals surface area contributed by atoms with Crippen molar-refractivity contribution in [1.29, 1.82) is 0 Å². The van der Waals surface area contributed by atoms with Crippen molar-refractivity contribution in [1.82, 2.24) is 5.32 Å². The lowest BCUT2D eigenvalue weighted by molar-refractivity contribution is -0.144. The quantitative estimate of drug-likeness (QED) is 0.709. The summed E-state index contributed by atoms with van der Waals surface area (Å²) in [4.78, 5) is 11.2. The van der Waals surface area contributed by atoms with E-state index in [9.17, 15) is 9.90 Å². The minimum atomic E-state index is -0.810. The van der Waals surface area contributed by atoms with Gasteiger partial charge in [0.15, 0.2) is 0 Å². The molecule has 2 unspecified atom stereocenters. The van der Waals surface area contributed by atoms with Crippen molar-refractivity contribution < 1.29 is 9.90 Å². The summed E-state index contributed by atoms with van der Waals surface area (Å²) in [7, 11) is 0. The zero-order chi connectivity index (χ0) is 12.1. The molecule has 0 aliphatic rings. The van der Waals surface area contributed by atoms with Crippen LogP contribution in [-0.4, -0.2) is 33.7 Å². The van der Waals surface area contributed by atoms with Gasteiger partial charge in [-0.05, 0) is 32.9 Å². The maximum absolute atomic E-state index is 11.2. The lowest BCUT2D eigenvalue weighted by Gasteiger charge is -2.31. The van der Waals surface area contributed by atoms with Gasteiger partial charge in [-0.25, -0.2) is 0 Å². The van der Waals surface area contributed by atoms with E-state index in [2.05, 4.69) is 19.2 Å². The van der Waals surface area contributed by atoms with Gasteiger partial charge < -0.3 is 5.11 Å². The summed E-state index contributed by atoms with van der Waals surface area (Å²) in [5.41, 5.74) is -0.810. The van der Waals surface area contributed by atoms with Gasteiger partial charge in [-0.3, -0.25) is 10.1 Å². The molecular weight excluding hydrogens is 210 g/mol. The fraction of sp³-hybridized carbons (Fsp3) is 0.909. The topological polar surface area (TPSA) is 49.3 Å². The Hall–Kier alpha value is -0.220. The summed E-state index contributed by atoms with van der Waals surface area (Å²) in [5, 5.41) is 12.7. The molecule has 0 radical (unpaired) electrons. The largest absolute Gasteiger partial charge is 0.480 e. The fourth-order valence-electron chi connectivity index (χ4n) is 1.76. The highest BCUT2D eigenvalue weighted by atomic mass is 32.2. The normalized spacial score (nSPS) is 17.5. The van der Waals surface area contributed by atoms with Crippen molar-refractivity contribution in [2.24, 2.45) is 0 Å². The standard InChI is InChI=1S/C11H23NO2S/c1-6-15-9(4)7-11(5,10(13)14)12-8(2)3/h8-9,12H,6-7H2,1-5H3,(H,13,14). The number of carboxylic acid groups (broad SMARTS) is 1. The van der Waals surface area contributed by atoms with E-state index in [4.69, 9.17) is 0 Å². The summed E-state index contributed by atoms with van der Waals surface area (Å²) < 4.78 is 0. The molecule has 2 N–H and O–H groups in total. The van der Waals surface area contributed by atoms with Crippen LogP contribution in [0.15, 0.2) is 0 Å². The van der Waals surface area contributed by atoms with E-state index in [1.54, 1.807) is 18.7 Å². The molecule has 0 saturated heterocycles. The van der Waals surface area contributed by atoms with Crippen LogP contribution in [0.4, 0.5) is 0 Å². The molecule has 0 spiro atoms. The summed E-state index contributed by atoms with van der Waals surface area (Å²) in [6.07, 6.45) is 0.652. The number of aliphatic carboxylic acids is 1. The Morgan fingerprint density at radius 3 is 2.33 bits per heavy atom. The smallest absolute Gasteiger partial charge is 0.323 e. The highest BCUT2D eigenvalue weighted by Crippen LogP contribution is 2.22. The summed E-state index contributed by atoms with van der Waals surface area (Å²) in [6, 6.07) is 0.185. The molecule has 3 nitrogen and oxygen atoms in total. The maximum Gasteiger partial charge on any atom is 0.323 e. The van der Waals surface area contributed by atoms with Crippen LogP contribution in [0.5, 0.6) is 0 Å². The summed E-state index contributed by atoms with van der Waals surface area (Å²) in [6.45, 7) is 9.88.